The van der Waals surface area contributed by atoms with Gasteiger partial charge < -0.3 is 9.47 Å². The molecule has 1 aliphatic rings. The van der Waals surface area contributed by atoms with E-state index in [0.29, 0.717) is 5.56 Å². The van der Waals surface area contributed by atoms with E-state index in [-0.39, 0.29) is 5.56 Å². The summed E-state index contributed by atoms with van der Waals surface area (Å²) in [7, 11) is 0. The average molecular weight is 386 g/mol. The molecular weight excluding hydrogens is 373 g/mol. The smallest absolute Gasteiger partial charge is 0.422 e. The lowest BCUT2D eigenvalue weighted by Crippen LogP contribution is -2.26. The summed E-state index contributed by atoms with van der Waals surface area (Å²) in [6.45, 7) is 0. The van der Waals surface area contributed by atoms with Crippen molar-refractivity contribution < 1.29 is 32.2 Å². The maximum absolute atomic E-state index is 12.9. The van der Waals surface area contributed by atoms with Crippen LogP contribution in [0.3, 0.4) is 0 Å². The summed E-state index contributed by atoms with van der Waals surface area (Å²) in [4.78, 5) is 24.5. The molecule has 3 aromatic rings. The predicted molar refractivity (Wildman–Crippen MR) is 93.8 cm³/mol. The topological polar surface area (TPSA) is 52.6 Å². The number of halogens is 3. The minimum absolute atomic E-state index is 0.248. The Morgan fingerprint density at radius 2 is 1.54 bits per heavy atom. The molecule has 0 aliphatic carbocycles. The third kappa shape index (κ3) is 3.31. The van der Waals surface area contributed by atoms with Gasteiger partial charge in [-0.1, -0.05) is 48.5 Å². The standard InChI is InChI=1S/C21H13F3O4/c22-21(23,24)16-9-7-13(8-10-16)18-19(28-20(26)27-18)17(25)15-6-5-12-3-1-2-4-14(12)11-15/h1-11,18-19H/t18-,19-/m0/s1. The Labute approximate surface area is 157 Å². The van der Waals surface area contributed by atoms with Crippen LogP contribution >= 0.6 is 0 Å². The summed E-state index contributed by atoms with van der Waals surface area (Å²) in [6.07, 6.45) is -7.91. The van der Waals surface area contributed by atoms with Crippen LogP contribution in [0, 0.1) is 0 Å². The molecule has 1 saturated heterocycles. The van der Waals surface area contributed by atoms with Crippen LogP contribution in [0.2, 0.25) is 0 Å². The first-order valence-electron chi connectivity index (χ1n) is 8.40. The Morgan fingerprint density at radius 1 is 0.857 bits per heavy atom. The highest BCUT2D eigenvalue weighted by atomic mass is 19.4. The minimum atomic E-state index is -4.48. The van der Waals surface area contributed by atoms with E-state index in [1.807, 2.05) is 24.3 Å². The van der Waals surface area contributed by atoms with Gasteiger partial charge in [0, 0.05) is 5.56 Å². The van der Waals surface area contributed by atoms with Crippen LogP contribution in [-0.4, -0.2) is 18.0 Å². The molecule has 142 valence electrons. The van der Waals surface area contributed by atoms with Crippen molar-refractivity contribution in [1.29, 1.82) is 0 Å². The van der Waals surface area contributed by atoms with Gasteiger partial charge in [-0.25, -0.2) is 4.79 Å². The lowest BCUT2D eigenvalue weighted by Gasteiger charge is -2.16. The maximum Gasteiger partial charge on any atom is 0.509 e. The molecule has 0 N–H and O–H groups in total. The molecule has 0 radical (unpaired) electrons. The third-order valence-electron chi connectivity index (χ3n) is 4.58. The van der Waals surface area contributed by atoms with Crippen LogP contribution < -0.4 is 0 Å². The van der Waals surface area contributed by atoms with Crippen LogP contribution in [-0.2, 0) is 15.7 Å². The van der Waals surface area contributed by atoms with Gasteiger partial charge >= 0.3 is 12.3 Å². The number of ketones is 1. The summed E-state index contributed by atoms with van der Waals surface area (Å²) >= 11 is 0. The number of cyclic esters (lactones) is 2. The van der Waals surface area contributed by atoms with Gasteiger partial charge in [0.2, 0.25) is 11.9 Å². The zero-order chi connectivity index (χ0) is 19.9. The van der Waals surface area contributed by atoms with E-state index in [1.165, 1.54) is 12.1 Å². The summed E-state index contributed by atoms with van der Waals surface area (Å²) < 4.78 is 48.3. The highest BCUT2D eigenvalue weighted by molar-refractivity contribution is 6.04. The Hall–Kier alpha value is -3.35. The Bertz CT molecular complexity index is 1060. The minimum Gasteiger partial charge on any atom is -0.422 e. The number of alkyl halides is 3. The Kier molecular flexibility index (Phi) is 4.30. The van der Waals surface area contributed by atoms with Crippen molar-refractivity contribution in [2.75, 3.05) is 0 Å². The fourth-order valence-electron chi connectivity index (χ4n) is 3.16. The van der Waals surface area contributed by atoms with Gasteiger partial charge in [0.05, 0.1) is 5.56 Å². The van der Waals surface area contributed by atoms with Gasteiger partial charge in [-0.3, -0.25) is 4.79 Å². The van der Waals surface area contributed by atoms with Crippen LogP contribution in [0.25, 0.3) is 10.8 Å². The van der Waals surface area contributed by atoms with Gasteiger partial charge in [-0.15, -0.1) is 0 Å². The summed E-state index contributed by atoms with van der Waals surface area (Å²) in [5.41, 5.74) is -0.268. The average Bonchev–Trinajstić information content (AvgIpc) is 3.08. The molecule has 1 aliphatic heterocycles. The molecule has 4 nitrogen and oxygen atoms in total. The molecule has 0 bridgehead atoms. The lowest BCUT2D eigenvalue weighted by atomic mass is 9.95. The number of hydrogen-bond acceptors (Lipinski definition) is 4. The number of Topliss-reactive ketones (excluding diaryl/α,β-unsaturated/α-hetero) is 1. The SMILES string of the molecule is O=C1O[C@@H](C(=O)c2ccc3ccccc3c2)[C@H](c2ccc(C(F)(F)F)cc2)O1. The van der Waals surface area contributed by atoms with Crippen molar-refractivity contribution in [3.05, 3.63) is 83.4 Å². The number of hydrogen-bond donors (Lipinski definition) is 0. The molecule has 0 saturated carbocycles. The van der Waals surface area contributed by atoms with Gasteiger partial charge in [-0.05, 0) is 34.5 Å². The van der Waals surface area contributed by atoms with Gasteiger partial charge in [-0.2, -0.15) is 13.2 Å². The van der Waals surface area contributed by atoms with Crippen LogP contribution in [0.4, 0.5) is 18.0 Å². The van der Waals surface area contributed by atoms with E-state index < -0.39 is 35.9 Å². The normalized spacial score (nSPS) is 19.3. The summed E-state index contributed by atoms with van der Waals surface area (Å²) in [5.74, 6) is -0.485. The Balaban J connectivity index is 1.65. The van der Waals surface area contributed by atoms with Gasteiger partial charge in [0.1, 0.15) is 0 Å². The number of fused-ring (bicyclic) bond motifs is 1. The van der Waals surface area contributed by atoms with Crippen LogP contribution in [0.1, 0.15) is 27.6 Å². The predicted octanol–water partition coefficient (Wildman–Crippen LogP) is 5.32. The second-order valence-corrected chi connectivity index (χ2v) is 6.37. The molecule has 7 heteroatoms. The molecule has 1 fully saturated rings. The zero-order valence-corrected chi connectivity index (χ0v) is 14.3. The van der Waals surface area contributed by atoms with E-state index >= 15 is 0 Å². The second kappa shape index (κ2) is 6.67. The van der Waals surface area contributed by atoms with Crippen molar-refractivity contribution in [3.8, 4) is 0 Å². The quantitative estimate of drug-likeness (QED) is 0.452. The molecule has 0 aromatic heterocycles. The van der Waals surface area contributed by atoms with Crippen molar-refractivity contribution >= 4 is 22.7 Å². The van der Waals surface area contributed by atoms with E-state index in [0.717, 1.165) is 22.9 Å². The highest BCUT2D eigenvalue weighted by Gasteiger charge is 2.43. The maximum atomic E-state index is 12.9. The fourth-order valence-corrected chi connectivity index (χ4v) is 3.16. The van der Waals surface area contributed by atoms with E-state index in [2.05, 4.69) is 0 Å². The largest absolute Gasteiger partial charge is 0.509 e. The Morgan fingerprint density at radius 3 is 2.21 bits per heavy atom. The van der Waals surface area contributed by atoms with Crippen molar-refractivity contribution in [2.24, 2.45) is 0 Å². The van der Waals surface area contributed by atoms with Gasteiger partial charge in [0.15, 0.2) is 6.10 Å². The van der Waals surface area contributed by atoms with E-state index in [1.54, 1.807) is 18.2 Å². The number of ether oxygens (including phenoxy) is 2. The summed E-state index contributed by atoms with van der Waals surface area (Å²) in [5, 5.41) is 1.78. The third-order valence-corrected chi connectivity index (χ3v) is 4.58. The van der Waals surface area contributed by atoms with Gasteiger partial charge in [0.25, 0.3) is 0 Å². The lowest BCUT2D eigenvalue weighted by molar-refractivity contribution is -0.137. The van der Waals surface area contributed by atoms with E-state index in [4.69, 9.17) is 9.47 Å². The second-order valence-electron chi connectivity index (χ2n) is 6.37. The molecule has 4 rings (SSSR count). The molecule has 0 amide bonds. The van der Waals surface area contributed by atoms with Crippen LogP contribution in [0.15, 0.2) is 66.7 Å². The molecule has 0 spiro atoms. The summed E-state index contributed by atoms with van der Waals surface area (Å²) in [6, 6.07) is 16.6. The number of carbonyl (C=O) groups excluding carboxylic acids is 2. The number of benzene rings is 3. The molecule has 0 unspecified atom stereocenters. The van der Waals surface area contributed by atoms with Crippen LogP contribution in [0.5, 0.6) is 0 Å². The monoisotopic (exact) mass is 386 g/mol. The van der Waals surface area contributed by atoms with Crippen molar-refractivity contribution in [2.45, 2.75) is 18.4 Å². The molecule has 1 heterocycles. The molecule has 3 aromatic carbocycles. The first-order chi connectivity index (χ1) is 13.3. The van der Waals surface area contributed by atoms with Crippen molar-refractivity contribution in [1.82, 2.24) is 0 Å². The van der Waals surface area contributed by atoms with E-state index in [9.17, 15) is 22.8 Å². The first kappa shape index (κ1) is 18.0. The van der Waals surface area contributed by atoms with Crippen molar-refractivity contribution in [3.63, 3.8) is 0 Å². The number of carbonyl (C=O) groups is 2. The molecule has 2 atom stereocenters. The molecular formula is C21H13F3O4. The molecule has 28 heavy (non-hydrogen) atoms. The zero-order valence-electron chi connectivity index (χ0n) is 14.3. The number of rotatable bonds is 3. The fraction of sp³-hybridized carbons (Fsp3) is 0.143. The highest BCUT2D eigenvalue weighted by Crippen LogP contribution is 2.35. The first-order valence-corrected chi connectivity index (χ1v) is 8.40.